The molecule has 0 bridgehead atoms. The Hall–Kier alpha value is -2.38. The van der Waals surface area contributed by atoms with Crippen molar-refractivity contribution in [1.82, 2.24) is 14.9 Å². The van der Waals surface area contributed by atoms with E-state index in [1.165, 1.54) is 26.6 Å². The lowest BCUT2D eigenvalue weighted by Gasteiger charge is -2.12. The zero-order valence-corrected chi connectivity index (χ0v) is 18.3. The van der Waals surface area contributed by atoms with Crippen LogP contribution < -0.4 is 15.6 Å². The van der Waals surface area contributed by atoms with Crippen molar-refractivity contribution in [1.29, 1.82) is 0 Å². The summed E-state index contributed by atoms with van der Waals surface area (Å²) in [5.74, 6) is 0.516. The Morgan fingerprint density at radius 2 is 2.10 bits per heavy atom. The molecule has 0 atom stereocenters. The van der Waals surface area contributed by atoms with E-state index in [9.17, 15) is 4.79 Å². The number of nitrogens with one attached hydrogen (secondary N) is 1. The third-order valence-corrected chi connectivity index (χ3v) is 6.46. The number of nitrogens with zero attached hydrogens (tertiary/aromatic N) is 2. The highest BCUT2D eigenvalue weighted by Crippen LogP contribution is 2.34. The average Bonchev–Trinajstić information content (AvgIpc) is 3.11. The third-order valence-electron chi connectivity index (χ3n) is 5.04. The second kappa shape index (κ2) is 8.78. The maximum atomic E-state index is 12.7. The number of halogens is 2. The van der Waals surface area contributed by atoms with Gasteiger partial charge in [0.1, 0.15) is 12.4 Å². The summed E-state index contributed by atoms with van der Waals surface area (Å²) < 4.78 is 8.57. The van der Waals surface area contributed by atoms with Gasteiger partial charge < -0.3 is 10.1 Å². The first-order valence-corrected chi connectivity index (χ1v) is 10.6. The van der Waals surface area contributed by atoms with E-state index in [0.717, 1.165) is 30.9 Å². The number of aromatic nitrogens is 2. The molecular weight excluding hydrogens is 441 g/mol. The average molecular weight is 460 g/mol. The van der Waals surface area contributed by atoms with Gasteiger partial charge >= 0.3 is 0 Å². The van der Waals surface area contributed by atoms with Crippen molar-refractivity contribution in [2.45, 2.75) is 19.6 Å². The molecule has 1 aliphatic rings. The lowest BCUT2D eigenvalue weighted by Crippen LogP contribution is -2.21. The molecule has 0 unspecified atom stereocenters. The van der Waals surface area contributed by atoms with Gasteiger partial charge in [0.2, 0.25) is 0 Å². The Bertz CT molecular complexity index is 1250. The van der Waals surface area contributed by atoms with Crippen LogP contribution >= 0.6 is 35.3 Å². The van der Waals surface area contributed by atoms with Crippen LogP contribution in [0.25, 0.3) is 15.8 Å². The fourth-order valence-electron chi connectivity index (χ4n) is 3.58. The first kappa shape index (κ1) is 20.9. The molecule has 5 nitrogen and oxygen atoms in total. The summed E-state index contributed by atoms with van der Waals surface area (Å²) in [5.41, 5.74) is 2.93. The number of benzene rings is 1. The van der Waals surface area contributed by atoms with E-state index in [1.54, 1.807) is 46.5 Å². The smallest absolute Gasteiger partial charge is 0.258 e. The molecule has 0 spiro atoms. The van der Waals surface area contributed by atoms with Crippen molar-refractivity contribution in [3.8, 4) is 11.4 Å². The maximum Gasteiger partial charge on any atom is 0.258 e. The standard InChI is InChI=1S/C22H18ClN3O2S.ClH/c23-14-1-2-15(25-11-14)13-28-17-6-8-26(22(27)10-17)16-3-4-18-19-5-7-24-12-21(19)29-20(18)9-16;/h1-4,6,8-11,24H,5,7,12-13H2;1H. The molecule has 4 aromatic rings. The summed E-state index contributed by atoms with van der Waals surface area (Å²) in [6.07, 6.45) is 4.39. The van der Waals surface area contributed by atoms with E-state index in [4.69, 9.17) is 16.3 Å². The lowest BCUT2D eigenvalue weighted by molar-refractivity contribution is 0.300. The van der Waals surface area contributed by atoms with Gasteiger partial charge in [-0.3, -0.25) is 14.3 Å². The fourth-order valence-corrected chi connectivity index (χ4v) is 4.95. The van der Waals surface area contributed by atoms with Crippen LogP contribution in [0.2, 0.25) is 5.02 Å². The molecule has 0 saturated heterocycles. The fraction of sp³-hybridized carbons (Fsp3) is 0.182. The highest BCUT2D eigenvalue weighted by Gasteiger charge is 2.16. The van der Waals surface area contributed by atoms with Crippen LogP contribution in [0.5, 0.6) is 5.75 Å². The van der Waals surface area contributed by atoms with Crippen molar-refractivity contribution in [3.63, 3.8) is 0 Å². The molecule has 0 radical (unpaired) electrons. The molecule has 1 aromatic carbocycles. The van der Waals surface area contributed by atoms with Crippen LogP contribution in [0.1, 0.15) is 16.1 Å². The van der Waals surface area contributed by atoms with Gasteiger partial charge in [-0.15, -0.1) is 23.7 Å². The summed E-state index contributed by atoms with van der Waals surface area (Å²) in [7, 11) is 0. The number of pyridine rings is 2. The molecule has 1 N–H and O–H groups in total. The Morgan fingerprint density at radius 3 is 2.90 bits per heavy atom. The zero-order valence-electron chi connectivity index (χ0n) is 15.9. The van der Waals surface area contributed by atoms with E-state index in [-0.39, 0.29) is 24.6 Å². The predicted octanol–water partition coefficient (Wildman–Crippen LogP) is 4.75. The van der Waals surface area contributed by atoms with Crippen LogP contribution in [-0.2, 0) is 19.6 Å². The van der Waals surface area contributed by atoms with Crippen molar-refractivity contribution in [2.24, 2.45) is 0 Å². The second-order valence-electron chi connectivity index (χ2n) is 6.94. The number of hydrogen-bond acceptors (Lipinski definition) is 5. The number of rotatable bonds is 4. The minimum atomic E-state index is -0.131. The normalized spacial score (nSPS) is 13.0. The quantitative estimate of drug-likeness (QED) is 0.478. The highest BCUT2D eigenvalue weighted by atomic mass is 35.5. The van der Waals surface area contributed by atoms with Crippen molar-refractivity contribution < 1.29 is 4.74 Å². The van der Waals surface area contributed by atoms with E-state index in [2.05, 4.69) is 22.4 Å². The molecule has 1 aliphatic heterocycles. The summed E-state index contributed by atoms with van der Waals surface area (Å²) in [5, 5.41) is 5.30. The SMILES string of the molecule is Cl.O=c1cc(OCc2ccc(Cl)cn2)ccn1-c1ccc2c3c(sc2c1)CNCC3. The molecule has 4 heterocycles. The summed E-state index contributed by atoms with van der Waals surface area (Å²) >= 11 is 7.65. The van der Waals surface area contributed by atoms with Crippen molar-refractivity contribution >= 4 is 45.4 Å². The van der Waals surface area contributed by atoms with Gasteiger partial charge in [0, 0.05) is 34.6 Å². The number of hydrogen-bond donors (Lipinski definition) is 1. The van der Waals surface area contributed by atoms with Gasteiger partial charge in [-0.25, -0.2) is 0 Å². The van der Waals surface area contributed by atoms with Gasteiger partial charge in [-0.1, -0.05) is 17.7 Å². The molecule has 0 aliphatic carbocycles. The van der Waals surface area contributed by atoms with Crippen LogP contribution in [0.4, 0.5) is 0 Å². The van der Waals surface area contributed by atoms with E-state index >= 15 is 0 Å². The highest BCUT2D eigenvalue weighted by molar-refractivity contribution is 7.19. The Labute approximate surface area is 188 Å². The Morgan fingerprint density at radius 1 is 1.20 bits per heavy atom. The van der Waals surface area contributed by atoms with Gasteiger partial charge in [0.25, 0.3) is 5.56 Å². The number of thiophene rings is 1. The topological polar surface area (TPSA) is 56.1 Å². The summed E-state index contributed by atoms with van der Waals surface area (Å²) in [4.78, 5) is 18.3. The molecule has 3 aromatic heterocycles. The van der Waals surface area contributed by atoms with Crippen LogP contribution in [0.3, 0.4) is 0 Å². The second-order valence-corrected chi connectivity index (χ2v) is 8.51. The van der Waals surface area contributed by atoms with Crippen LogP contribution in [0, 0.1) is 0 Å². The third kappa shape index (κ3) is 4.09. The van der Waals surface area contributed by atoms with Crippen molar-refractivity contribution in [3.05, 3.63) is 86.4 Å². The van der Waals surface area contributed by atoms with Gasteiger partial charge in [0.05, 0.1) is 16.4 Å². The minimum absolute atomic E-state index is 0. The van der Waals surface area contributed by atoms with Gasteiger partial charge in [0.15, 0.2) is 0 Å². The molecule has 8 heteroatoms. The zero-order chi connectivity index (χ0) is 19.8. The van der Waals surface area contributed by atoms with Crippen LogP contribution in [-0.4, -0.2) is 16.1 Å². The molecule has 0 saturated carbocycles. The minimum Gasteiger partial charge on any atom is -0.487 e. The maximum absolute atomic E-state index is 12.7. The van der Waals surface area contributed by atoms with E-state index in [0.29, 0.717) is 10.8 Å². The Balaban J connectivity index is 0.00000218. The van der Waals surface area contributed by atoms with E-state index in [1.807, 2.05) is 6.07 Å². The Kier molecular flexibility index (Phi) is 6.11. The number of ether oxygens (including phenoxy) is 1. The van der Waals surface area contributed by atoms with Crippen molar-refractivity contribution in [2.75, 3.05) is 6.54 Å². The van der Waals surface area contributed by atoms with Gasteiger partial charge in [-0.2, -0.15) is 0 Å². The first-order valence-electron chi connectivity index (χ1n) is 9.39. The molecular formula is C22H19Cl2N3O2S. The van der Waals surface area contributed by atoms with Crippen LogP contribution in [0.15, 0.2) is 59.7 Å². The van der Waals surface area contributed by atoms with E-state index < -0.39 is 0 Å². The predicted molar refractivity (Wildman–Crippen MR) is 124 cm³/mol. The summed E-state index contributed by atoms with van der Waals surface area (Å²) in [6.45, 7) is 2.23. The van der Waals surface area contributed by atoms with Gasteiger partial charge in [-0.05, 0) is 54.2 Å². The molecule has 154 valence electrons. The summed E-state index contributed by atoms with van der Waals surface area (Å²) in [6, 6.07) is 13.1. The number of fused-ring (bicyclic) bond motifs is 3. The molecule has 5 rings (SSSR count). The molecule has 0 fully saturated rings. The molecule has 30 heavy (non-hydrogen) atoms. The first-order chi connectivity index (χ1) is 14.2. The lowest BCUT2D eigenvalue weighted by atomic mass is 10.0. The monoisotopic (exact) mass is 459 g/mol. The largest absolute Gasteiger partial charge is 0.487 e. The molecule has 0 amide bonds.